The van der Waals surface area contributed by atoms with E-state index in [1.54, 1.807) is 0 Å². The molecule has 86 valence electrons. The van der Waals surface area contributed by atoms with E-state index in [9.17, 15) is 4.79 Å². The van der Waals surface area contributed by atoms with E-state index in [-0.39, 0.29) is 11.3 Å². The molecule has 1 heterocycles. The summed E-state index contributed by atoms with van der Waals surface area (Å²) in [7, 11) is 0. The number of hydrogen-bond donors (Lipinski definition) is 2. The van der Waals surface area contributed by atoms with Crippen LogP contribution in [0.1, 0.15) is 13.8 Å². The third-order valence-corrected chi connectivity index (χ3v) is 2.86. The van der Waals surface area contributed by atoms with Gasteiger partial charge in [0.2, 0.25) is 0 Å². The largest absolute Gasteiger partial charge is 0.478 e. The number of hydrogen-bond acceptors (Lipinski definition) is 3. The van der Waals surface area contributed by atoms with Crippen LogP contribution in [-0.2, 0) is 4.79 Å². The molecule has 1 aromatic rings. The molecule has 1 aliphatic rings. The number of carbonyl (C=O) groups is 1. The molecule has 0 saturated heterocycles. The first-order valence-electron chi connectivity index (χ1n) is 5.31. The average molecular weight is 220 g/mol. The minimum absolute atomic E-state index is 0.130. The van der Waals surface area contributed by atoms with E-state index in [0.717, 1.165) is 5.69 Å². The lowest BCUT2D eigenvalue weighted by Crippen LogP contribution is -2.50. The van der Waals surface area contributed by atoms with Crippen LogP contribution in [0.25, 0.3) is 0 Å². The van der Waals surface area contributed by atoms with Crippen molar-refractivity contribution in [1.29, 1.82) is 0 Å². The lowest BCUT2D eigenvalue weighted by Gasteiger charge is -2.35. The normalized spacial score (nSPS) is 19.7. The van der Waals surface area contributed by atoms with Gasteiger partial charge in [-0.05, 0) is 12.1 Å². The minimum atomic E-state index is -0.535. The fourth-order valence-electron chi connectivity index (χ4n) is 1.67. The van der Waals surface area contributed by atoms with Crippen molar-refractivity contribution in [3.63, 3.8) is 0 Å². The molecule has 1 atom stereocenters. The highest BCUT2D eigenvalue weighted by Gasteiger charge is 2.39. The molecule has 3 N–H and O–H groups in total. The Bertz CT molecular complexity index is 415. The second kappa shape index (κ2) is 3.79. The van der Waals surface area contributed by atoms with Crippen LogP contribution in [0.2, 0.25) is 0 Å². The highest BCUT2D eigenvalue weighted by Crippen LogP contribution is 2.34. The fourth-order valence-corrected chi connectivity index (χ4v) is 1.67. The number of rotatable bonds is 2. The third-order valence-electron chi connectivity index (χ3n) is 2.86. The van der Waals surface area contributed by atoms with Gasteiger partial charge in [-0.1, -0.05) is 26.0 Å². The summed E-state index contributed by atoms with van der Waals surface area (Å²) < 4.78 is 5.71. The second-order valence-corrected chi connectivity index (χ2v) is 4.68. The molecule has 0 fully saturated rings. The molecule has 0 saturated carbocycles. The Hall–Kier alpha value is -1.55. The maximum Gasteiger partial charge on any atom is 0.266 e. The van der Waals surface area contributed by atoms with Gasteiger partial charge in [-0.2, -0.15) is 0 Å². The molecule has 0 bridgehead atoms. The van der Waals surface area contributed by atoms with Gasteiger partial charge in [-0.15, -0.1) is 0 Å². The average Bonchev–Trinajstić information content (AvgIpc) is 2.28. The highest BCUT2D eigenvalue weighted by molar-refractivity contribution is 5.98. The van der Waals surface area contributed by atoms with Gasteiger partial charge in [0.25, 0.3) is 5.91 Å². The van der Waals surface area contributed by atoms with Gasteiger partial charge in [0.15, 0.2) is 6.10 Å². The Labute approximate surface area is 94.8 Å². The molecular formula is C12H16N2O2. The van der Waals surface area contributed by atoms with Crippen molar-refractivity contribution < 1.29 is 9.53 Å². The highest BCUT2D eigenvalue weighted by atomic mass is 16.5. The number of para-hydroxylation sites is 2. The summed E-state index contributed by atoms with van der Waals surface area (Å²) in [4.78, 5) is 11.9. The SMILES string of the molecule is CC(C)(CN)C1Oc2ccccc2NC1=O. The van der Waals surface area contributed by atoms with Gasteiger partial charge >= 0.3 is 0 Å². The number of nitrogens with one attached hydrogen (secondary N) is 1. The first-order valence-corrected chi connectivity index (χ1v) is 5.31. The van der Waals surface area contributed by atoms with Crippen LogP contribution in [-0.4, -0.2) is 18.6 Å². The Balaban J connectivity index is 2.31. The number of carbonyl (C=O) groups excluding carboxylic acids is 1. The summed E-state index contributed by atoms with van der Waals surface area (Å²) in [6.07, 6.45) is -0.535. The summed E-state index contributed by atoms with van der Waals surface area (Å²) in [5.41, 5.74) is 6.00. The van der Waals surface area contributed by atoms with Gasteiger partial charge in [-0.3, -0.25) is 4.79 Å². The topological polar surface area (TPSA) is 64.3 Å². The number of nitrogens with two attached hydrogens (primary N) is 1. The quantitative estimate of drug-likeness (QED) is 0.791. The van der Waals surface area contributed by atoms with E-state index in [1.165, 1.54) is 0 Å². The van der Waals surface area contributed by atoms with Crippen molar-refractivity contribution in [1.82, 2.24) is 0 Å². The number of benzene rings is 1. The van der Waals surface area contributed by atoms with E-state index >= 15 is 0 Å². The van der Waals surface area contributed by atoms with Crippen molar-refractivity contribution in [3.8, 4) is 5.75 Å². The smallest absolute Gasteiger partial charge is 0.266 e. The summed E-state index contributed by atoms with van der Waals surface area (Å²) in [6, 6.07) is 7.40. The monoisotopic (exact) mass is 220 g/mol. The molecule has 0 radical (unpaired) electrons. The van der Waals surface area contributed by atoms with E-state index in [4.69, 9.17) is 10.5 Å². The number of amides is 1. The maximum atomic E-state index is 11.9. The Kier molecular flexibility index (Phi) is 2.59. The van der Waals surface area contributed by atoms with Crippen LogP contribution >= 0.6 is 0 Å². The summed E-state index contributed by atoms with van der Waals surface area (Å²) >= 11 is 0. The predicted molar refractivity (Wildman–Crippen MR) is 62.3 cm³/mol. The van der Waals surface area contributed by atoms with Crippen LogP contribution in [0, 0.1) is 5.41 Å². The zero-order valence-electron chi connectivity index (χ0n) is 9.49. The minimum Gasteiger partial charge on any atom is -0.478 e. The molecule has 1 amide bonds. The van der Waals surface area contributed by atoms with Crippen molar-refractivity contribution in [2.75, 3.05) is 11.9 Å². The van der Waals surface area contributed by atoms with Crippen molar-refractivity contribution in [2.45, 2.75) is 20.0 Å². The van der Waals surface area contributed by atoms with Gasteiger partial charge in [-0.25, -0.2) is 0 Å². The van der Waals surface area contributed by atoms with Crippen LogP contribution in [0.3, 0.4) is 0 Å². The lowest BCUT2D eigenvalue weighted by atomic mass is 9.85. The van der Waals surface area contributed by atoms with Crippen molar-refractivity contribution in [3.05, 3.63) is 24.3 Å². The third kappa shape index (κ3) is 1.76. The molecule has 1 unspecified atom stereocenters. The van der Waals surface area contributed by atoms with Gasteiger partial charge in [0.1, 0.15) is 5.75 Å². The molecule has 16 heavy (non-hydrogen) atoms. The lowest BCUT2D eigenvalue weighted by molar-refractivity contribution is -0.128. The first-order chi connectivity index (χ1) is 7.54. The van der Waals surface area contributed by atoms with E-state index in [1.807, 2.05) is 38.1 Å². The summed E-state index contributed by atoms with van der Waals surface area (Å²) in [5.74, 6) is 0.572. The zero-order valence-corrected chi connectivity index (χ0v) is 9.49. The maximum absolute atomic E-state index is 11.9. The Morgan fingerprint density at radius 1 is 1.44 bits per heavy atom. The van der Waals surface area contributed by atoms with Crippen LogP contribution in [0.5, 0.6) is 5.75 Å². The standard InChI is InChI=1S/C12H16N2O2/c1-12(2,7-13)10-11(15)14-8-5-3-4-6-9(8)16-10/h3-6,10H,7,13H2,1-2H3,(H,14,15). The van der Waals surface area contributed by atoms with E-state index < -0.39 is 6.10 Å². The van der Waals surface area contributed by atoms with Gasteiger partial charge in [0, 0.05) is 12.0 Å². The first kappa shape index (κ1) is 11.0. The summed E-state index contributed by atoms with van der Waals surface area (Å²) in [5, 5.41) is 2.83. The molecular weight excluding hydrogens is 204 g/mol. The number of ether oxygens (including phenoxy) is 1. The number of anilines is 1. The molecule has 1 aliphatic heterocycles. The second-order valence-electron chi connectivity index (χ2n) is 4.68. The molecule has 1 aromatic carbocycles. The van der Waals surface area contributed by atoms with Gasteiger partial charge in [0.05, 0.1) is 5.69 Å². The van der Waals surface area contributed by atoms with Crippen molar-refractivity contribution in [2.24, 2.45) is 11.1 Å². The zero-order chi connectivity index (χ0) is 11.8. The molecule has 4 heteroatoms. The predicted octanol–water partition coefficient (Wildman–Crippen LogP) is 1.37. The van der Waals surface area contributed by atoms with Crippen LogP contribution in [0.4, 0.5) is 5.69 Å². The van der Waals surface area contributed by atoms with Crippen LogP contribution in [0.15, 0.2) is 24.3 Å². The Morgan fingerprint density at radius 3 is 2.81 bits per heavy atom. The van der Waals surface area contributed by atoms with Crippen molar-refractivity contribution >= 4 is 11.6 Å². The van der Waals surface area contributed by atoms with Gasteiger partial charge < -0.3 is 15.8 Å². The molecule has 0 spiro atoms. The molecule has 2 rings (SSSR count). The Morgan fingerprint density at radius 2 is 2.12 bits per heavy atom. The molecule has 4 nitrogen and oxygen atoms in total. The number of fused-ring (bicyclic) bond motifs is 1. The van der Waals surface area contributed by atoms with Crippen LogP contribution < -0.4 is 15.8 Å². The van der Waals surface area contributed by atoms with E-state index in [2.05, 4.69) is 5.32 Å². The van der Waals surface area contributed by atoms with E-state index in [0.29, 0.717) is 12.3 Å². The molecule has 0 aromatic heterocycles. The molecule has 0 aliphatic carbocycles. The fraction of sp³-hybridized carbons (Fsp3) is 0.417. The summed E-state index contributed by atoms with van der Waals surface area (Å²) in [6.45, 7) is 4.24.